The van der Waals surface area contributed by atoms with Gasteiger partial charge in [-0.1, -0.05) is 24.3 Å². The Morgan fingerprint density at radius 2 is 1.87 bits per heavy atom. The Morgan fingerprint density at radius 3 is 2.63 bits per heavy atom. The van der Waals surface area contributed by atoms with Crippen LogP contribution in [0, 0.1) is 10.7 Å². The molecular formula is C24H23N3O2S. The second-order valence-corrected chi connectivity index (χ2v) is 10.3. The van der Waals surface area contributed by atoms with Crippen molar-refractivity contribution in [3.8, 4) is 11.3 Å². The van der Waals surface area contributed by atoms with Crippen molar-refractivity contribution in [2.45, 2.75) is 24.2 Å². The lowest BCUT2D eigenvalue weighted by Crippen LogP contribution is -2.35. The molecule has 0 bridgehead atoms. The summed E-state index contributed by atoms with van der Waals surface area (Å²) in [5.74, 6) is 0.0321. The van der Waals surface area contributed by atoms with Gasteiger partial charge in [-0.15, -0.1) is 0 Å². The number of amides is 1. The number of hydrogen-bond donors (Lipinski definition) is 1. The van der Waals surface area contributed by atoms with Gasteiger partial charge in [0.05, 0.1) is 15.4 Å². The molecule has 0 unspecified atom stereocenters. The Balaban J connectivity index is 1.40. The molecule has 1 N–H and O–H groups in total. The highest BCUT2D eigenvalue weighted by Crippen LogP contribution is 2.36. The summed E-state index contributed by atoms with van der Waals surface area (Å²) in [6.07, 6.45) is 5.48. The molecular weight excluding hydrogens is 394 g/mol. The maximum absolute atomic E-state index is 13.4. The molecule has 0 saturated heterocycles. The summed E-state index contributed by atoms with van der Waals surface area (Å²) in [5, 5.41) is 0. The second kappa shape index (κ2) is 7.06. The molecule has 3 aromatic rings. The largest absolute Gasteiger partial charge is 0.312 e. The normalized spacial score (nSPS) is 19.2. The molecule has 0 saturated carbocycles. The molecule has 2 atom stereocenters. The highest BCUT2D eigenvalue weighted by atomic mass is 32.2. The van der Waals surface area contributed by atoms with Crippen LogP contribution in [0.1, 0.15) is 16.7 Å². The third-order valence-corrected chi connectivity index (χ3v) is 7.27. The van der Waals surface area contributed by atoms with E-state index in [2.05, 4.69) is 23.2 Å². The van der Waals surface area contributed by atoms with Gasteiger partial charge in [-0.3, -0.25) is 9.78 Å². The van der Waals surface area contributed by atoms with Crippen LogP contribution in [0.25, 0.3) is 11.3 Å². The summed E-state index contributed by atoms with van der Waals surface area (Å²) < 4.78 is 20.1. The highest BCUT2D eigenvalue weighted by molar-refractivity contribution is 7.91. The molecule has 0 spiro atoms. The zero-order valence-corrected chi connectivity index (χ0v) is 17.6. The average Bonchev–Trinajstić information content (AvgIpc) is 3.36. The van der Waals surface area contributed by atoms with Gasteiger partial charge >= 0.3 is 0 Å². The van der Waals surface area contributed by atoms with Crippen molar-refractivity contribution in [2.75, 3.05) is 17.7 Å². The van der Waals surface area contributed by atoms with Crippen molar-refractivity contribution >= 4 is 21.3 Å². The maximum Gasteiger partial charge on any atom is 0.230 e. The lowest BCUT2D eigenvalue weighted by Gasteiger charge is -2.21. The molecule has 2 aliphatic rings. The lowest BCUT2D eigenvalue weighted by atomic mass is 10.0. The number of aromatic nitrogens is 1. The van der Waals surface area contributed by atoms with Gasteiger partial charge in [-0.2, -0.15) is 0 Å². The average molecular weight is 418 g/mol. The van der Waals surface area contributed by atoms with Gasteiger partial charge < -0.3 is 4.90 Å². The minimum absolute atomic E-state index is 0.0874. The van der Waals surface area contributed by atoms with E-state index in [-0.39, 0.29) is 11.8 Å². The molecule has 6 heteroatoms. The van der Waals surface area contributed by atoms with Crippen LogP contribution in [0.15, 0.2) is 65.7 Å². The molecule has 5 nitrogen and oxygen atoms in total. The minimum Gasteiger partial charge on any atom is -0.312 e. The third kappa shape index (κ3) is 3.31. The smallest absolute Gasteiger partial charge is 0.230 e. The van der Waals surface area contributed by atoms with Crippen molar-refractivity contribution in [1.29, 1.82) is 4.78 Å². The topological polar surface area (TPSA) is 74.1 Å². The number of pyridine rings is 1. The first-order chi connectivity index (χ1) is 14.4. The monoisotopic (exact) mass is 417 g/mol. The highest BCUT2D eigenvalue weighted by Gasteiger charge is 2.34. The van der Waals surface area contributed by atoms with E-state index in [0.29, 0.717) is 11.4 Å². The molecule has 1 amide bonds. The number of benzene rings is 2. The van der Waals surface area contributed by atoms with E-state index in [0.717, 1.165) is 41.8 Å². The van der Waals surface area contributed by atoms with Gasteiger partial charge in [0.1, 0.15) is 0 Å². The van der Waals surface area contributed by atoms with Crippen LogP contribution in [-0.4, -0.2) is 27.9 Å². The first kappa shape index (κ1) is 19.0. The molecule has 1 aliphatic carbocycles. The first-order valence-electron chi connectivity index (χ1n) is 10.1. The number of carbonyl (C=O) groups is 1. The standard InChI is InChI=1S/C24H23N3O2S/c1-30(25,29)21-8-7-16-9-11-27(23(16)15-21)24(28)20-12-17-5-6-18(13-19(17)14-20)22-4-2-3-10-26-22/h2-8,10,13,15,20,25H,9,11-12,14H2,1H3/t20-,30-/m1/s1. The zero-order chi connectivity index (χ0) is 20.9. The molecule has 0 radical (unpaired) electrons. The van der Waals surface area contributed by atoms with Gasteiger partial charge in [0.15, 0.2) is 0 Å². The Bertz CT molecular complexity index is 1250. The van der Waals surface area contributed by atoms with Crippen molar-refractivity contribution < 1.29 is 9.00 Å². The first-order valence-corrected chi connectivity index (χ1v) is 12.1. The summed E-state index contributed by atoms with van der Waals surface area (Å²) in [4.78, 5) is 20.1. The summed E-state index contributed by atoms with van der Waals surface area (Å²) in [6, 6.07) is 17.7. The minimum atomic E-state index is -2.81. The molecule has 30 heavy (non-hydrogen) atoms. The Morgan fingerprint density at radius 1 is 1.07 bits per heavy atom. The zero-order valence-electron chi connectivity index (χ0n) is 16.8. The SMILES string of the molecule is C[S@@](=N)(=O)c1ccc2c(c1)N(C(=O)[C@@H]1Cc3ccc(-c4ccccn4)cc3C1)CC2. The number of nitrogens with one attached hydrogen (secondary N) is 1. The van der Waals surface area contributed by atoms with Gasteiger partial charge in [0, 0.05) is 41.1 Å². The molecule has 152 valence electrons. The Labute approximate surface area is 176 Å². The van der Waals surface area contributed by atoms with Crippen molar-refractivity contribution in [3.05, 3.63) is 77.5 Å². The number of nitrogens with zero attached hydrogens (tertiary/aromatic N) is 2. The molecule has 1 aromatic heterocycles. The van der Waals surface area contributed by atoms with Gasteiger partial charge in [-0.25, -0.2) is 8.99 Å². The fourth-order valence-electron chi connectivity index (χ4n) is 4.54. The third-order valence-electron chi connectivity index (χ3n) is 6.12. The van der Waals surface area contributed by atoms with Crippen LogP contribution >= 0.6 is 0 Å². The summed E-state index contributed by atoms with van der Waals surface area (Å²) in [5.41, 5.74) is 6.37. The Kier molecular flexibility index (Phi) is 4.47. The van der Waals surface area contributed by atoms with E-state index in [4.69, 9.17) is 4.78 Å². The van der Waals surface area contributed by atoms with E-state index < -0.39 is 9.73 Å². The summed E-state index contributed by atoms with van der Waals surface area (Å²) in [7, 11) is -2.81. The number of rotatable bonds is 3. The van der Waals surface area contributed by atoms with Crippen LogP contribution in [0.5, 0.6) is 0 Å². The lowest BCUT2D eigenvalue weighted by molar-refractivity contribution is -0.122. The molecule has 5 rings (SSSR count). The Hall–Kier alpha value is -2.99. The van der Waals surface area contributed by atoms with Crippen LogP contribution in [-0.2, 0) is 33.8 Å². The van der Waals surface area contributed by atoms with Crippen molar-refractivity contribution in [3.63, 3.8) is 0 Å². The molecule has 2 heterocycles. The number of carbonyl (C=O) groups excluding carboxylic acids is 1. The quantitative estimate of drug-likeness (QED) is 0.698. The second-order valence-electron chi connectivity index (χ2n) is 8.18. The van der Waals surface area contributed by atoms with Crippen molar-refractivity contribution in [1.82, 2.24) is 4.98 Å². The fraction of sp³-hybridized carbons (Fsp3) is 0.250. The fourth-order valence-corrected chi connectivity index (χ4v) is 5.20. The van der Waals surface area contributed by atoms with Gasteiger partial charge in [0.2, 0.25) is 5.91 Å². The van der Waals surface area contributed by atoms with Gasteiger partial charge in [-0.05, 0) is 66.3 Å². The van der Waals surface area contributed by atoms with Crippen LogP contribution in [0.3, 0.4) is 0 Å². The van der Waals surface area contributed by atoms with Crippen LogP contribution in [0.2, 0.25) is 0 Å². The van der Waals surface area contributed by atoms with E-state index in [1.54, 1.807) is 18.3 Å². The van der Waals surface area contributed by atoms with Crippen LogP contribution < -0.4 is 4.90 Å². The molecule has 1 aliphatic heterocycles. The van der Waals surface area contributed by atoms with Crippen LogP contribution in [0.4, 0.5) is 5.69 Å². The predicted octanol–water partition coefficient (Wildman–Crippen LogP) is 4.09. The van der Waals surface area contributed by atoms with Crippen molar-refractivity contribution in [2.24, 2.45) is 5.92 Å². The summed E-state index contributed by atoms with van der Waals surface area (Å²) >= 11 is 0. The molecule has 0 fully saturated rings. The van der Waals surface area contributed by atoms with Gasteiger partial charge in [0.25, 0.3) is 0 Å². The van der Waals surface area contributed by atoms with E-state index in [1.807, 2.05) is 29.2 Å². The van der Waals surface area contributed by atoms with E-state index in [1.165, 1.54) is 17.4 Å². The molecule has 2 aromatic carbocycles. The predicted molar refractivity (Wildman–Crippen MR) is 118 cm³/mol. The maximum atomic E-state index is 13.4. The van der Waals surface area contributed by atoms with E-state index in [9.17, 15) is 9.00 Å². The number of anilines is 1. The number of hydrogen-bond acceptors (Lipinski definition) is 4. The van der Waals surface area contributed by atoms with E-state index >= 15 is 0 Å². The summed E-state index contributed by atoms with van der Waals surface area (Å²) in [6.45, 7) is 0.645. The number of fused-ring (bicyclic) bond motifs is 2.